The molecule has 12 heavy (non-hydrogen) atoms. The number of nitrogens with zero attached hydrogens (tertiary/aromatic N) is 1. The van der Waals surface area contributed by atoms with Gasteiger partial charge in [0.1, 0.15) is 0 Å². The molecule has 0 aromatic rings. The van der Waals surface area contributed by atoms with Crippen LogP contribution in [0.5, 0.6) is 0 Å². The molecule has 70 valence electrons. The Balaban J connectivity index is 2.73. The predicted molar refractivity (Wildman–Crippen MR) is 53.1 cm³/mol. The van der Waals surface area contributed by atoms with Gasteiger partial charge in [0, 0.05) is 11.8 Å². The summed E-state index contributed by atoms with van der Waals surface area (Å²) in [7, 11) is -0.479. The summed E-state index contributed by atoms with van der Waals surface area (Å²) in [5, 5.41) is 18.5. The van der Waals surface area contributed by atoms with Gasteiger partial charge in [0.15, 0.2) is 0 Å². The first-order chi connectivity index (χ1) is 5.49. The highest BCUT2D eigenvalue weighted by Crippen LogP contribution is 2.38. The smallest absolute Gasteiger partial charge is 0.377 e. The molecule has 3 nitrogen and oxygen atoms in total. The number of rotatable bonds is 2. The number of aliphatic hydroxyl groups is 1. The standard InChI is InChI=1S/C7H16BNO2S/c1-7(2)9(8(3)11)6(4-10)5-12-7/h6,10-11H,4-5H2,1-3H3. The van der Waals surface area contributed by atoms with Crippen LogP contribution in [-0.4, -0.2) is 45.3 Å². The van der Waals surface area contributed by atoms with Gasteiger partial charge in [-0.25, -0.2) is 0 Å². The van der Waals surface area contributed by atoms with Crippen molar-refractivity contribution < 1.29 is 10.1 Å². The van der Waals surface area contributed by atoms with Gasteiger partial charge in [0.25, 0.3) is 0 Å². The number of hydrogen-bond acceptors (Lipinski definition) is 4. The van der Waals surface area contributed by atoms with E-state index in [1.165, 1.54) is 0 Å². The van der Waals surface area contributed by atoms with Crippen LogP contribution in [0.1, 0.15) is 13.8 Å². The minimum atomic E-state index is -0.479. The summed E-state index contributed by atoms with van der Waals surface area (Å²) >= 11 is 1.77. The summed E-state index contributed by atoms with van der Waals surface area (Å²) in [6, 6.07) is 0.102. The van der Waals surface area contributed by atoms with Gasteiger partial charge in [-0.3, -0.25) is 4.81 Å². The van der Waals surface area contributed by atoms with Gasteiger partial charge in [0.2, 0.25) is 0 Å². The van der Waals surface area contributed by atoms with Gasteiger partial charge < -0.3 is 10.1 Å². The van der Waals surface area contributed by atoms with Crippen molar-refractivity contribution in [1.29, 1.82) is 0 Å². The Hall–Kier alpha value is 0.295. The van der Waals surface area contributed by atoms with Crippen molar-refractivity contribution in [2.24, 2.45) is 0 Å². The molecule has 1 heterocycles. The third kappa shape index (κ3) is 1.79. The van der Waals surface area contributed by atoms with Gasteiger partial charge in [-0.05, 0) is 20.7 Å². The molecule has 1 unspecified atom stereocenters. The maximum Gasteiger partial charge on any atom is 0.377 e. The largest absolute Gasteiger partial charge is 0.437 e. The molecule has 1 aliphatic heterocycles. The first-order valence-electron chi connectivity index (χ1n) is 4.20. The third-order valence-electron chi connectivity index (χ3n) is 2.26. The summed E-state index contributed by atoms with van der Waals surface area (Å²) in [5.74, 6) is 0.897. The fourth-order valence-electron chi connectivity index (χ4n) is 1.79. The van der Waals surface area contributed by atoms with Crippen LogP contribution in [0.3, 0.4) is 0 Å². The van der Waals surface area contributed by atoms with Crippen molar-refractivity contribution in [2.75, 3.05) is 12.4 Å². The number of hydrogen-bond donors (Lipinski definition) is 2. The van der Waals surface area contributed by atoms with Crippen molar-refractivity contribution in [3.05, 3.63) is 0 Å². The van der Waals surface area contributed by atoms with Crippen LogP contribution in [0, 0.1) is 0 Å². The summed E-state index contributed by atoms with van der Waals surface area (Å²) in [6.07, 6.45) is 0. The molecule has 0 aromatic heterocycles. The summed E-state index contributed by atoms with van der Waals surface area (Å²) in [5.41, 5.74) is 0. The van der Waals surface area contributed by atoms with Crippen LogP contribution in [0.2, 0.25) is 6.82 Å². The first kappa shape index (κ1) is 10.4. The molecule has 1 fully saturated rings. The van der Waals surface area contributed by atoms with E-state index in [9.17, 15) is 5.02 Å². The average molecular weight is 189 g/mol. The lowest BCUT2D eigenvalue weighted by Gasteiger charge is -2.34. The van der Waals surface area contributed by atoms with E-state index in [0.717, 1.165) is 5.75 Å². The van der Waals surface area contributed by atoms with Crippen LogP contribution in [0.4, 0.5) is 0 Å². The SMILES string of the molecule is CB(O)N1C(CO)CSC1(C)C. The molecular formula is C7H16BNO2S. The summed E-state index contributed by atoms with van der Waals surface area (Å²) < 4.78 is 0. The van der Waals surface area contributed by atoms with Crippen LogP contribution in [0.25, 0.3) is 0 Å². The Kier molecular flexibility index (Phi) is 3.09. The van der Waals surface area contributed by atoms with Crippen molar-refractivity contribution >= 4 is 18.8 Å². The van der Waals surface area contributed by atoms with E-state index in [1.807, 2.05) is 4.81 Å². The minimum Gasteiger partial charge on any atom is -0.437 e. The molecule has 1 atom stereocenters. The maximum atomic E-state index is 9.49. The molecule has 0 amide bonds. The Morgan fingerprint density at radius 2 is 2.25 bits per heavy atom. The highest BCUT2D eigenvalue weighted by Gasteiger charge is 2.43. The van der Waals surface area contributed by atoms with Gasteiger partial charge in [-0.2, -0.15) is 0 Å². The Bertz CT molecular complexity index is 165. The summed E-state index contributed by atoms with van der Waals surface area (Å²) in [4.78, 5) is 1.90. The van der Waals surface area contributed by atoms with Gasteiger partial charge in [-0.15, -0.1) is 11.8 Å². The van der Waals surface area contributed by atoms with E-state index in [1.54, 1.807) is 18.6 Å². The average Bonchev–Trinajstić information content (AvgIpc) is 2.24. The third-order valence-corrected chi connectivity index (χ3v) is 3.73. The Morgan fingerprint density at radius 3 is 2.58 bits per heavy atom. The fraction of sp³-hybridized carbons (Fsp3) is 1.00. The molecule has 1 saturated heterocycles. The van der Waals surface area contributed by atoms with Crippen LogP contribution in [-0.2, 0) is 0 Å². The van der Waals surface area contributed by atoms with E-state index >= 15 is 0 Å². The van der Waals surface area contributed by atoms with E-state index < -0.39 is 7.05 Å². The molecule has 2 N–H and O–H groups in total. The second kappa shape index (κ2) is 3.58. The van der Waals surface area contributed by atoms with Gasteiger partial charge in [0.05, 0.1) is 11.5 Å². The Labute approximate surface area is 78.3 Å². The molecule has 1 rings (SSSR count). The van der Waals surface area contributed by atoms with E-state index in [0.29, 0.717) is 0 Å². The highest BCUT2D eigenvalue weighted by atomic mass is 32.2. The van der Waals surface area contributed by atoms with Gasteiger partial charge >= 0.3 is 7.05 Å². The van der Waals surface area contributed by atoms with Crippen molar-refractivity contribution in [3.8, 4) is 0 Å². The molecule has 1 aliphatic rings. The number of aliphatic hydroxyl groups excluding tert-OH is 1. The fourth-order valence-corrected chi connectivity index (χ4v) is 3.11. The van der Waals surface area contributed by atoms with Crippen molar-refractivity contribution in [1.82, 2.24) is 4.81 Å². The second-order valence-corrected chi connectivity index (χ2v) is 5.25. The zero-order valence-electron chi connectivity index (χ0n) is 7.82. The van der Waals surface area contributed by atoms with Crippen LogP contribution >= 0.6 is 11.8 Å². The first-order valence-corrected chi connectivity index (χ1v) is 5.19. The van der Waals surface area contributed by atoms with Crippen molar-refractivity contribution in [2.45, 2.75) is 31.6 Å². The molecule has 0 aromatic carbocycles. The monoisotopic (exact) mass is 189 g/mol. The zero-order chi connectivity index (χ0) is 9.35. The quantitative estimate of drug-likeness (QED) is 0.611. The lowest BCUT2D eigenvalue weighted by molar-refractivity contribution is 0.166. The molecular weight excluding hydrogens is 173 g/mol. The topological polar surface area (TPSA) is 43.7 Å². The van der Waals surface area contributed by atoms with Crippen LogP contribution < -0.4 is 0 Å². The summed E-state index contributed by atoms with van der Waals surface area (Å²) in [6.45, 7) is 6.01. The molecule has 0 spiro atoms. The Morgan fingerprint density at radius 1 is 1.67 bits per heavy atom. The lowest BCUT2D eigenvalue weighted by atomic mass is 9.81. The predicted octanol–water partition coefficient (Wildman–Crippen LogP) is 0.242. The maximum absolute atomic E-state index is 9.49. The molecule has 0 aliphatic carbocycles. The molecule has 0 bridgehead atoms. The second-order valence-electron chi connectivity index (χ2n) is 3.63. The van der Waals surface area contributed by atoms with E-state index in [4.69, 9.17) is 5.11 Å². The molecule has 0 radical (unpaired) electrons. The van der Waals surface area contributed by atoms with Crippen LogP contribution in [0.15, 0.2) is 0 Å². The highest BCUT2D eigenvalue weighted by molar-refractivity contribution is 8.00. The zero-order valence-corrected chi connectivity index (χ0v) is 8.64. The number of thioether (sulfide) groups is 1. The van der Waals surface area contributed by atoms with E-state index in [2.05, 4.69) is 13.8 Å². The minimum absolute atomic E-state index is 0.0540. The molecule has 5 heteroatoms. The van der Waals surface area contributed by atoms with E-state index in [-0.39, 0.29) is 17.5 Å². The van der Waals surface area contributed by atoms with Gasteiger partial charge in [-0.1, -0.05) is 0 Å². The molecule has 0 saturated carbocycles. The normalized spacial score (nSPS) is 29.2. The lowest BCUT2D eigenvalue weighted by Crippen LogP contribution is -2.51. The van der Waals surface area contributed by atoms with Crippen molar-refractivity contribution in [3.63, 3.8) is 0 Å².